The molecule has 0 unspecified atom stereocenters. The maximum absolute atomic E-state index is 12.4. The number of aromatic nitrogens is 3. The Morgan fingerprint density at radius 2 is 2.06 bits per heavy atom. The molecule has 0 atom stereocenters. The van der Waals surface area contributed by atoms with Gasteiger partial charge in [0.1, 0.15) is 12.4 Å². The summed E-state index contributed by atoms with van der Waals surface area (Å²) >= 11 is 10.7. The van der Waals surface area contributed by atoms with Crippen molar-refractivity contribution in [2.45, 2.75) is 25.2 Å². The fourth-order valence-corrected chi connectivity index (χ4v) is 4.71. The molecule has 0 aliphatic heterocycles. The number of nitrogens with one attached hydrogen (secondary N) is 1. The number of amides is 1. The number of carbonyl (C=O) groups excluding carboxylic acids is 1. The molecule has 0 bridgehead atoms. The Kier molecular flexibility index (Phi) is 7.92. The number of benzene rings is 3. The van der Waals surface area contributed by atoms with Crippen molar-refractivity contribution in [1.82, 2.24) is 14.8 Å². The summed E-state index contributed by atoms with van der Waals surface area (Å²) in [5, 5.41) is 14.9. The van der Waals surface area contributed by atoms with Crippen molar-refractivity contribution in [1.29, 1.82) is 0 Å². The van der Waals surface area contributed by atoms with E-state index in [0.717, 1.165) is 21.2 Å². The minimum Gasteiger partial charge on any atom is -0.485 e. The predicted octanol–water partition coefficient (Wildman–Crippen LogP) is 6.65. The highest BCUT2D eigenvalue weighted by molar-refractivity contribution is 9.10. The van der Waals surface area contributed by atoms with E-state index in [0.29, 0.717) is 28.2 Å². The molecule has 1 aromatic heterocycles. The second-order valence-corrected chi connectivity index (χ2v) is 9.67. The Bertz CT molecular complexity index is 1360. The first-order valence-corrected chi connectivity index (χ1v) is 12.6. The Hall–Kier alpha value is -2.81. The van der Waals surface area contributed by atoms with Gasteiger partial charge in [-0.3, -0.25) is 9.36 Å². The summed E-state index contributed by atoms with van der Waals surface area (Å²) in [7, 11) is 0. The summed E-state index contributed by atoms with van der Waals surface area (Å²) < 4.78 is 8.72. The molecule has 0 saturated carbocycles. The molecule has 0 spiro atoms. The van der Waals surface area contributed by atoms with E-state index in [-0.39, 0.29) is 18.3 Å². The number of hydrogen-bond donors (Lipinski definition) is 1. The van der Waals surface area contributed by atoms with Crippen molar-refractivity contribution in [3.63, 3.8) is 0 Å². The van der Waals surface area contributed by atoms with Crippen molar-refractivity contribution >= 4 is 61.7 Å². The number of halogens is 2. The summed E-state index contributed by atoms with van der Waals surface area (Å²) in [5.74, 6) is 1.49. The number of nitrogens with zero attached hydrogens (tertiary/aromatic N) is 3. The lowest BCUT2D eigenvalue weighted by Gasteiger charge is -2.12. The molecular weight excluding hydrogens is 536 g/mol. The first kappa shape index (κ1) is 24.3. The van der Waals surface area contributed by atoms with Crippen LogP contribution in [0.3, 0.4) is 0 Å². The molecule has 4 rings (SSSR count). The number of thioether (sulfide) groups is 1. The van der Waals surface area contributed by atoms with Crippen LogP contribution in [-0.2, 0) is 17.9 Å². The monoisotopic (exact) mass is 556 g/mol. The second-order valence-electron chi connectivity index (χ2n) is 7.46. The van der Waals surface area contributed by atoms with Gasteiger partial charge in [-0.1, -0.05) is 59.8 Å². The molecule has 34 heavy (non-hydrogen) atoms. The van der Waals surface area contributed by atoms with Gasteiger partial charge in [0, 0.05) is 16.7 Å². The zero-order valence-corrected chi connectivity index (χ0v) is 21.6. The van der Waals surface area contributed by atoms with Gasteiger partial charge in [0.2, 0.25) is 5.91 Å². The van der Waals surface area contributed by atoms with Crippen LogP contribution in [-0.4, -0.2) is 26.4 Å². The van der Waals surface area contributed by atoms with Crippen LogP contribution in [0.15, 0.2) is 76.9 Å². The standard InChI is InChI=1S/C25H22BrClN4O2S/c1-3-12-31-23(14-33-22-11-8-17-6-4-5-7-19(17)16(22)2)29-30-25(31)34-15-24(32)28-18-9-10-21(27)20(26)13-18/h3-11,13H,1,12,14-15H2,2H3,(H,28,32). The normalized spacial score (nSPS) is 10.9. The number of fused-ring (bicyclic) bond motifs is 1. The van der Waals surface area contributed by atoms with E-state index in [1.54, 1.807) is 24.3 Å². The molecule has 1 heterocycles. The predicted molar refractivity (Wildman–Crippen MR) is 142 cm³/mol. The topological polar surface area (TPSA) is 69.0 Å². The maximum atomic E-state index is 12.4. The lowest BCUT2D eigenvalue weighted by Crippen LogP contribution is -2.15. The van der Waals surface area contributed by atoms with Gasteiger partial charge in [0.05, 0.1) is 10.8 Å². The minimum absolute atomic E-state index is 0.156. The Morgan fingerprint density at radius 1 is 1.24 bits per heavy atom. The van der Waals surface area contributed by atoms with Gasteiger partial charge in [-0.2, -0.15) is 0 Å². The highest BCUT2D eigenvalue weighted by atomic mass is 79.9. The first-order valence-electron chi connectivity index (χ1n) is 10.5. The molecule has 0 aliphatic rings. The molecule has 174 valence electrons. The molecule has 3 aromatic carbocycles. The molecule has 0 fully saturated rings. The number of hydrogen-bond acceptors (Lipinski definition) is 5. The molecule has 9 heteroatoms. The number of rotatable bonds is 9. The van der Waals surface area contributed by atoms with Gasteiger partial charge < -0.3 is 10.1 Å². The fourth-order valence-electron chi connectivity index (χ4n) is 3.45. The second kappa shape index (κ2) is 11.1. The van der Waals surface area contributed by atoms with Crippen molar-refractivity contribution in [2.24, 2.45) is 0 Å². The number of aryl methyl sites for hydroxylation is 1. The first-order chi connectivity index (χ1) is 16.5. The summed E-state index contributed by atoms with van der Waals surface area (Å²) in [6, 6.07) is 17.5. The van der Waals surface area contributed by atoms with Crippen LogP contribution in [0.4, 0.5) is 5.69 Å². The zero-order chi connectivity index (χ0) is 24.1. The lowest BCUT2D eigenvalue weighted by atomic mass is 10.0. The van der Waals surface area contributed by atoms with Gasteiger partial charge >= 0.3 is 0 Å². The van der Waals surface area contributed by atoms with E-state index in [4.69, 9.17) is 16.3 Å². The minimum atomic E-state index is -0.156. The van der Waals surface area contributed by atoms with Crippen LogP contribution in [0.2, 0.25) is 5.02 Å². The van der Waals surface area contributed by atoms with Crippen LogP contribution >= 0.6 is 39.3 Å². The van der Waals surface area contributed by atoms with Gasteiger partial charge in [-0.15, -0.1) is 16.8 Å². The molecule has 0 radical (unpaired) electrons. The van der Waals surface area contributed by atoms with E-state index in [9.17, 15) is 4.79 Å². The molecule has 0 saturated heterocycles. The van der Waals surface area contributed by atoms with Crippen LogP contribution in [0.1, 0.15) is 11.4 Å². The fraction of sp³-hybridized carbons (Fsp3) is 0.160. The van der Waals surface area contributed by atoms with Crippen molar-refractivity contribution < 1.29 is 9.53 Å². The molecule has 1 amide bonds. The Morgan fingerprint density at radius 3 is 2.85 bits per heavy atom. The number of carbonyl (C=O) groups is 1. The molecule has 1 N–H and O–H groups in total. The molecule has 4 aromatic rings. The van der Waals surface area contributed by atoms with E-state index >= 15 is 0 Å². The Labute approximate surface area is 215 Å². The van der Waals surface area contributed by atoms with E-state index in [1.165, 1.54) is 17.1 Å². The number of anilines is 1. The van der Waals surface area contributed by atoms with Gasteiger partial charge in [-0.05, 0) is 63.5 Å². The summed E-state index contributed by atoms with van der Waals surface area (Å²) in [4.78, 5) is 12.4. The zero-order valence-electron chi connectivity index (χ0n) is 18.4. The molecule has 6 nitrogen and oxygen atoms in total. The molecular formula is C25H22BrClN4O2S. The van der Waals surface area contributed by atoms with Crippen molar-refractivity contribution in [2.75, 3.05) is 11.1 Å². The van der Waals surface area contributed by atoms with Crippen molar-refractivity contribution in [3.8, 4) is 5.75 Å². The third kappa shape index (κ3) is 5.63. The van der Waals surface area contributed by atoms with E-state index in [1.807, 2.05) is 35.8 Å². The van der Waals surface area contributed by atoms with Gasteiger partial charge in [0.15, 0.2) is 11.0 Å². The summed E-state index contributed by atoms with van der Waals surface area (Å²) in [6.07, 6.45) is 1.77. The van der Waals surface area contributed by atoms with Gasteiger partial charge in [-0.25, -0.2) is 0 Å². The summed E-state index contributed by atoms with van der Waals surface area (Å²) in [6.45, 7) is 6.64. The third-order valence-electron chi connectivity index (χ3n) is 5.15. The van der Waals surface area contributed by atoms with E-state index in [2.05, 4.69) is 50.2 Å². The van der Waals surface area contributed by atoms with Crippen LogP contribution < -0.4 is 10.1 Å². The quantitative estimate of drug-likeness (QED) is 0.184. The van der Waals surface area contributed by atoms with Crippen molar-refractivity contribution in [3.05, 3.63) is 88.1 Å². The Balaban J connectivity index is 1.42. The number of allylic oxidation sites excluding steroid dienone is 1. The van der Waals surface area contributed by atoms with Crippen LogP contribution in [0.25, 0.3) is 10.8 Å². The largest absolute Gasteiger partial charge is 0.485 e. The summed E-state index contributed by atoms with van der Waals surface area (Å²) in [5.41, 5.74) is 1.74. The van der Waals surface area contributed by atoms with Gasteiger partial charge in [0.25, 0.3) is 0 Å². The average Bonchev–Trinajstić information content (AvgIpc) is 3.21. The van der Waals surface area contributed by atoms with Crippen LogP contribution in [0, 0.1) is 6.92 Å². The average molecular weight is 558 g/mol. The maximum Gasteiger partial charge on any atom is 0.234 e. The third-order valence-corrected chi connectivity index (χ3v) is 7.33. The van der Waals surface area contributed by atoms with Crippen LogP contribution in [0.5, 0.6) is 5.75 Å². The lowest BCUT2D eigenvalue weighted by molar-refractivity contribution is -0.113. The molecule has 0 aliphatic carbocycles. The highest BCUT2D eigenvalue weighted by Gasteiger charge is 2.15. The smallest absolute Gasteiger partial charge is 0.234 e. The highest BCUT2D eigenvalue weighted by Crippen LogP contribution is 2.28. The SMILES string of the molecule is C=CCn1c(COc2ccc3ccccc3c2C)nnc1SCC(=O)Nc1ccc(Cl)c(Br)c1. The number of ether oxygens (including phenoxy) is 1. The van der Waals surface area contributed by atoms with E-state index < -0.39 is 0 Å².